The molecule has 3 rings (SSSR count). The molecule has 0 aromatic carbocycles. The van der Waals surface area contributed by atoms with Crippen molar-refractivity contribution in [2.45, 2.75) is 39.0 Å². The highest BCUT2D eigenvalue weighted by atomic mass is 16.5. The van der Waals surface area contributed by atoms with Crippen molar-refractivity contribution in [3.05, 3.63) is 47.7 Å². The maximum Gasteiger partial charge on any atom is 0.146 e. The first kappa shape index (κ1) is 12.2. The van der Waals surface area contributed by atoms with Crippen LogP contribution in [0.25, 0.3) is 0 Å². The minimum absolute atomic E-state index is 0.440. The molecule has 0 atom stereocenters. The second-order valence-corrected chi connectivity index (χ2v) is 4.95. The van der Waals surface area contributed by atoms with Crippen molar-refractivity contribution in [1.29, 1.82) is 0 Å². The van der Waals surface area contributed by atoms with Gasteiger partial charge in [0, 0.05) is 12.2 Å². The van der Waals surface area contributed by atoms with Gasteiger partial charge in [0.2, 0.25) is 0 Å². The molecule has 0 saturated heterocycles. The molecule has 0 radical (unpaired) electrons. The van der Waals surface area contributed by atoms with Crippen LogP contribution in [-0.2, 0) is 13.2 Å². The van der Waals surface area contributed by atoms with E-state index < -0.39 is 0 Å². The molecule has 1 aliphatic carbocycles. The molecule has 2 aromatic rings. The van der Waals surface area contributed by atoms with E-state index in [1.54, 1.807) is 12.4 Å². The molecule has 0 spiro atoms. The SMILES string of the molecule is Cc1cc(COc2cccnc2)oc1CNC1CC1. The van der Waals surface area contributed by atoms with Gasteiger partial charge in [-0.25, -0.2) is 0 Å². The summed E-state index contributed by atoms with van der Waals surface area (Å²) >= 11 is 0. The lowest BCUT2D eigenvalue weighted by atomic mass is 10.2. The number of nitrogens with zero attached hydrogens (tertiary/aromatic N) is 1. The minimum atomic E-state index is 0.440. The van der Waals surface area contributed by atoms with E-state index in [1.165, 1.54) is 18.4 Å². The highest BCUT2D eigenvalue weighted by Crippen LogP contribution is 2.21. The summed E-state index contributed by atoms with van der Waals surface area (Å²) in [7, 11) is 0. The average molecular weight is 258 g/mol. The normalized spacial score (nSPS) is 14.6. The fourth-order valence-electron chi connectivity index (χ4n) is 1.95. The molecule has 0 unspecified atom stereocenters. The van der Waals surface area contributed by atoms with Gasteiger partial charge in [-0.1, -0.05) is 0 Å². The van der Waals surface area contributed by atoms with Crippen molar-refractivity contribution in [1.82, 2.24) is 10.3 Å². The Bertz CT molecular complexity index is 532. The number of pyridine rings is 1. The van der Waals surface area contributed by atoms with Crippen molar-refractivity contribution in [2.75, 3.05) is 0 Å². The number of aromatic nitrogens is 1. The van der Waals surface area contributed by atoms with E-state index in [-0.39, 0.29) is 0 Å². The highest BCUT2D eigenvalue weighted by molar-refractivity contribution is 5.21. The van der Waals surface area contributed by atoms with Crippen molar-refractivity contribution < 1.29 is 9.15 Å². The molecule has 100 valence electrons. The van der Waals surface area contributed by atoms with Crippen LogP contribution in [0, 0.1) is 6.92 Å². The molecule has 2 aromatic heterocycles. The topological polar surface area (TPSA) is 47.3 Å². The fraction of sp³-hybridized carbons (Fsp3) is 0.400. The molecule has 0 amide bonds. The quantitative estimate of drug-likeness (QED) is 0.865. The molecule has 1 saturated carbocycles. The molecule has 1 N–H and O–H groups in total. The third kappa shape index (κ3) is 3.35. The summed E-state index contributed by atoms with van der Waals surface area (Å²) < 4.78 is 11.4. The van der Waals surface area contributed by atoms with E-state index in [0.717, 1.165) is 23.8 Å². The summed E-state index contributed by atoms with van der Waals surface area (Å²) in [5, 5.41) is 3.46. The first-order chi connectivity index (χ1) is 9.31. The molecule has 4 heteroatoms. The predicted molar refractivity (Wildman–Crippen MR) is 71.9 cm³/mol. The lowest BCUT2D eigenvalue weighted by Gasteiger charge is -2.03. The first-order valence-corrected chi connectivity index (χ1v) is 6.65. The van der Waals surface area contributed by atoms with Crippen LogP contribution in [0.5, 0.6) is 5.75 Å². The van der Waals surface area contributed by atoms with Crippen LogP contribution in [-0.4, -0.2) is 11.0 Å². The molecule has 2 heterocycles. The third-order valence-corrected chi connectivity index (χ3v) is 3.22. The van der Waals surface area contributed by atoms with Gasteiger partial charge in [-0.05, 0) is 43.5 Å². The molecule has 0 bridgehead atoms. The summed E-state index contributed by atoms with van der Waals surface area (Å²) in [6, 6.07) is 6.48. The molecular weight excluding hydrogens is 240 g/mol. The number of furan rings is 1. The Morgan fingerprint density at radius 2 is 2.37 bits per heavy atom. The van der Waals surface area contributed by atoms with Gasteiger partial charge in [0.25, 0.3) is 0 Å². The van der Waals surface area contributed by atoms with Gasteiger partial charge in [0.15, 0.2) is 0 Å². The molecule has 0 aliphatic heterocycles. The lowest BCUT2D eigenvalue weighted by molar-refractivity contribution is 0.264. The average Bonchev–Trinajstić information content (AvgIpc) is 3.19. The minimum Gasteiger partial charge on any atom is -0.484 e. The standard InChI is InChI=1S/C15H18N2O2/c1-11-7-14(10-18-13-3-2-6-16-8-13)19-15(11)9-17-12-4-5-12/h2-3,6-8,12,17H,4-5,9-10H2,1H3. The number of hydrogen-bond acceptors (Lipinski definition) is 4. The summed E-state index contributed by atoms with van der Waals surface area (Å²) in [4.78, 5) is 4.01. The fourth-order valence-corrected chi connectivity index (χ4v) is 1.95. The number of rotatable bonds is 6. The zero-order chi connectivity index (χ0) is 13.1. The van der Waals surface area contributed by atoms with Crippen LogP contribution in [0.1, 0.15) is 29.9 Å². The third-order valence-electron chi connectivity index (χ3n) is 3.22. The smallest absolute Gasteiger partial charge is 0.146 e. The van der Waals surface area contributed by atoms with Gasteiger partial charge >= 0.3 is 0 Å². The van der Waals surface area contributed by atoms with E-state index >= 15 is 0 Å². The Hall–Kier alpha value is -1.81. The number of hydrogen-bond donors (Lipinski definition) is 1. The highest BCUT2D eigenvalue weighted by Gasteiger charge is 2.21. The molecule has 19 heavy (non-hydrogen) atoms. The van der Waals surface area contributed by atoms with Gasteiger partial charge in [0.05, 0.1) is 12.7 Å². The Labute approximate surface area is 112 Å². The number of nitrogens with one attached hydrogen (secondary N) is 1. The largest absolute Gasteiger partial charge is 0.484 e. The zero-order valence-corrected chi connectivity index (χ0v) is 11.1. The van der Waals surface area contributed by atoms with Crippen LogP contribution in [0.15, 0.2) is 35.0 Å². The predicted octanol–water partition coefficient (Wildman–Crippen LogP) is 2.81. The molecule has 4 nitrogen and oxygen atoms in total. The van der Waals surface area contributed by atoms with Crippen molar-refractivity contribution in [2.24, 2.45) is 0 Å². The number of ether oxygens (including phenoxy) is 1. The Kier molecular flexibility index (Phi) is 3.51. The maximum absolute atomic E-state index is 5.81. The Balaban J connectivity index is 1.57. The van der Waals surface area contributed by atoms with E-state index in [9.17, 15) is 0 Å². The van der Waals surface area contributed by atoms with E-state index in [0.29, 0.717) is 12.6 Å². The van der Waals surface area contributed by atoms with Gasteiger partial charge in [0.1, 0.15) is 23.9 Å². The van der Waals surface area contributed by atoms with E-state index in [1.807, 2.05) is 18.2 Å². The van der Waals surface area contributed by atoms with Crippen molar-refractivity contribution in [3.8, 4) is 5.75 Å². The van der Waals surface area contributed by atoms with Gasteiger partial charge in [-0.15, -0.1) is 0 Å². The maximum atomic E-state index is 5.81. The second kappa shape index (κ2) is 5.45. The monoisotopic (exact) mass is 258 g/mol. The second-order valence-electron chi connectivity index (χ2n) is 4.95. The Morgan fingerprint density at radius 1 is 1.47 bits per heavy atom. The zero-order valence-electron chi connectivity index (χ0n) is 11.1. The van der Waals surface area contributed by atoms with E-state index in [2.05, 4.69) is 17.2 Å². The van der Waals surface area contributed by atoms with Crippen LogP contribution in [0.2, 0.25) is 0 Å². The summed E-state index contributed by atoms with van der Waals surface area (Å²) in [5.41, 5.74) is 1.18. The van der Waals surface area contributed by atoms with Gasteiger partial charge in [-0.2, -0.15) is 0 Å². The van der Waals surface area contributed by atoms with Crippen molar-refractivity contribution in [3.63, 3.8) is 0 Å². The van der Waals surface area contributed by atoms with Crippen LogP contribution < -0.4 is 10.1 Å². The number of aryl methyl sites for hydroxylation is 1. The van der Waals surface area contributed by atoms with Crippen LogP contribution in [0.3, 0.4) is 0 Å². The molecular formula is C15H18N2O2. The van der Waals surface area contributed by atoms with Gasteiger partial charge in [-0.3, -0.25) is 4.98 Å². The summed E-state index contributed by atoms with van der Waals surface area (Å²) in [6.07, 6.45) is 6.00. The van der Waals surface area contributed by atoms with E-state index in [4.69, 9.17) is 9.15 Å². The molecule has 1 aliphatic rings. The lowest BCUT2D eigenvalue weighted by Crippen LogP contribution is -2.15. The van der Waals surface area contributed by atoms with Gasteiger partial charge < -0.3 is 14.5 Å². The summed E-state index contributed by atoms with van der Waals surface area (Å²) in [5.74, 6) is 2.62. The van der Waals surface area contributed by atoms with Crippen molar-refractivity contribution >= 4 is 0 Å². The first-order valence-electron chi connectivity index (χ1n) is 6.65. The van der Waals surface area contributed by atoms with Crippen LogP contribution >= 0.6 is 0 Å². The summed E-state index contributed by atoms with van der Waals surface area (Å²) in [6.45, 7) is 3.32. The van der Waals surface area contributed by atoms with Crippen LogP contribution in [0.4, 0.5) is 0 Å². The molecule has 1 fully saturated rings. The Morgan fingerprint density at radius 3 is 3.11 bits per heavy atom.